The first-order chi connectivity index (χ1) is 19.7. The van der Waals surface area contributed by atoms with Crippen LogP contribution in [0.25, 0.3) is 16.7 Å². The average Bonchev–Trinajstić information content (AvgIpc) is 3.25. The van der Waals surface area contributed by atoms with E-state index in [0.29, 0.717) is 25.1 Å². The summed E-state index contributed by atoms with van der Waals surface area (Å²) < 4.78 is 30.1. The first-order valence-corrected chi connectivity index (χ1v) is 13.7. The summed E-state index contributed by atoms with van der Waals surface area (Å²) in [6.07, 6.45) is 2.50. The zero-order valence-corrected chi connectivity index (χ0v) is 23.3. The standard InChI is InChI=1S/C29H29ClF2N6O3/c1-16-4-3-5-23-25(16)37(29(41)38(23)20-10-11-22(34-14-20)28(40)33-2)15-17-6-8-19(9-7-17)36-27(39)21-12-18(30)13-35-24(21)26(31)32/h3-5,10-14,17,19,26H,6-9,15H2,1-2H3,(H,33,40)(H,36,39). The first kappa shape index (κ1) is 28.4. The van der Waals surface area contributed by atoms with Gasteiger partial charge in [-0.3, -0.25) is 23.7 Å². The smallest absolute Gasteiger partial charge is 0.333 e. The van der Waals surface area contributed by atoms with Crippen molar-refractivity contribution in [3.63, 3.8) is 0 Å². The number of rotatable bonds is 7. The summed E-state index contributed by atoms with van der Waals surface area (Å²) in [7, 11) is 1.53. The molecule has 3 aromatic heterocycles. The van der Waals surface area contributed by atoms with Crippen LogP contribution in [0.5, 0.6) is 0 Å². The van der Waals surface area contributed by atoms with Crippen LogP contribution in [0.2, 0.25) is 5.02 Å². The quantitative estimate of drug-likeness (QED) is 0.324. The molecule has 0 atom stereocenters. The van der Waals surface area contributed by atoms with Crippen LogP contribution in [0.3, 0.4) is 0 Å². The van der Waals surface area contributed by atoms with E-state index in [2.05, 4.69) is 20.6 Å². The monoisotopic (exact) mass is 582 g/mol. The van der Waals surface area contributed by atoms with Crippen LogP contribution in [0.1, 0.15) is 64.2 Å². The van der Waals surface area contributed by atoms with Crippen LogP contribution in [0, 0.1) is 12.8 Å². The van der Waals surface area contributed by atoms with Crippen molar-refractivity contribution in [3.8, 4) is 5.69 Å². The summed E-state index contributed by atoms with van der Waals surface area (Å²) >= 11 is 5.90. The molecule has 214 valence electrons. The highest BCUT2D eigenvalue weighted by atomic mass is 35.5. The molecule has 0 unspecified atom stereocenters. The SMILES string of the molecule is CNC(=O)c1ccc(-n2c(=O)n(CC3CCC(NC(=O)c4cc(Cl)cnc4C(F)F)CC3)c3c(C)cccc32)cn1. The number of carbonyl (C=O) groups excluding carboxylic acids is 2. The summed E-state index contributed by atoms with van der Waals surface area (Å²) in [5.74, 6) is -0.755. The number of imidazole rings is 1. The molecule has 4 aromatic rings. The number of aryl methyl sites for hydroxylation is 1. The Labute approximate surface area is 239 Å². The topological polar surface area (TPSA) is 111 Å². The molecule has 5 rings (SSSR count). The molecular weight excluding hydrogens is 554 g/mol. The Morgan fingerprint density at radius 1 is 1.07 bits per heavy atom. The molecule has 1 aromatic carbocycles. The maximum absolute atomic E-state index is 13.8. The predicted octanol–water partition coefficient (Wildman–Crippen LogP) is 4.83. The fraction of sp³-hybridized carbons (Fsp3) is 0.345. The highest BCUT2D eigenvalue weighted by Gasteiger charge is 2.27. The molecule has 3 heterocycles. The minimum Gasteiger partial charge on any atom is -0.354 e. The summed E-state index contributed by atoms with van der Waals surface area (Å²) in [5, 5.41) is 5.50. The lowest BCUT2D eigenvalue weighted by Gasteiger charge is -2.29. The Hall–Kier alpha value is -4.12. The Morgan fingerprint density at radius 3 is 2.49 bits per heavy atom. The van der Waals surface area contributed by atoms with Crippen molar-refractivity contribution in [3.05, 3.63) is 86.8 Å². The number of pyridine rings is 2. The largest absolute Gasteiger partial charge is 0.354 e. The van der Waals surface area contributed by atoms with Gasteiger partial charge in [-0.25, -0.2) is 18.6 Å². The highest BCUT2D eigenvalue weighted by Crippen LogP contribution is 2.29. The first-order valence-electron chi connectivity index (χ1n) is 13.3. The number of hydrogen-bond donors (Lipinski definition) is 2. The molecule has 41 heavy (non-hydrogen) atoms. The van der Waals surface area contributed by atoms with E-state index in [4.69, 9.17) is 11.6 Å². The Kier molecular flexibility index (Phi) is 8.16. The Balaban J connectivity index is 1.33. The summed E-state index contributed by atoms with van der Waals surface area (Å²) in [5.41, 5.74) is 2.33. The lowest BCUT2D eigenvalue weighted by Crippen LogP contribution is -2.39. The van der Waals surface area contributed by atoms with E-state index in [9.17, 15) is 23.2 Å². The van der Waals surface area contributed by atoms with E-state index in [0.717, 1.165) is 35.6 Å². The van der Waals surface area contributed by atoms with E-state index in [1.165, 1.54) is 19.3 Å². The van der Waals surface area contributed by atoms with Gasteiger partial charge in [-0.05, 0) is 68.4 Å². The van der Waals surface area contributed by atoms with E-state index in [-0.39, 0.29) is 39.8 Å². The molecule has 0 spiro atoms. The number of fused-ring (bicyclic) bond motifs is 1. The van der Waals surface area contributed by atoms with Crippen molar-refractivity contribution in [1.29, 1.82) is 0 Å². The van der Waals surface area contributed by atoms with E-state index >= 15 is 0 Å². The van der Waals surface area contributed by atoms with Gasteiger partial charge in [0.15, 0.2) is 0 Å². The van der Waals surface area contributed by atoms with Gasteiger partial charge in [0.1, 0.15) is 11.4 Å². The fourth-order valence-corrected chi connectivity index (χ4v) is 5.67. The van der Waals surface area contributed by atoms with Gasteiger partial charge in [0.25, 0.3) is 18.2 Å². The number of amides is 2. The normalized spacial score (nSPS) is 17.1. The van der Waals surface area contributed by atoms with E-state index in [1.54, 1.807) is 21.3 Å². The van der Waals surface area contributed by atoms with Crippen molar-refractivity contribution in [1.82, 2.24) is 29.7 Å². The minimum atomic E-state index is -2.89. The minimum absolute atomic E-state index is 0.112. The zero-order chi connectivity index (χ0) is 29.3. The van der Waals surface area contributed by atoms with Crippen LogP contribution in [-0.2, 0) is 6.54 Å². The maximum Gasteiger partial charge on any atom is 0.333 e. The molecule has 2 N–H and O–H groups in total. The third-order valence-electron chi connectivity index (χ3n) is 7.57. The molecule has 1 fully saturated rings. The maximum atomic E-state index is 13.8. The molecule has 0 saturated heterocycles. The highest BCUT2D eigenvalue weighted by molar-refractivity contribution is 6.30. The molecule has 1 aliphatic carbocycles. The summed E-state index contributed by atoms with van der Waals surface area (Å²) in [4.78, 5) is 46.3. The number of aromatic nitrogens is 4. The number of carbonyl (C=O) groups is 2. The molecular formula is C29H29ClF2N6O3. The molecule has 12 heteroatoms. The molecule has 0 bridgehead atoms. The number of halogens is 3. The Morgan fingerprint density at radius 2 is 1.83 bits per heavy atom. The van der Waals surface area contributed by atoms with Crippen LogP contribution >= 0.6 is 11.6 Å². The van der Waals surface area contributed by atoms with Crippen molar-refractivity contribution in [2.75, 3.05) is 7.05 Å². The molecule has 1 aliphatic rings. The Bertz CT molecular complexity index is 1660. The van der Waals surface area contributed by atoms with Crippen LogP contribution < -0.4 is 16.3 Å². The number of benzene rings is 1. The van der Waals surface area contributed by atoms with Gasteiger partial charge in [0, 0.05) is 25.8 Å². The number of nitrogens with zero attached hydrogens (tertiary/aromatic N) is 4. The van der Waals surface area contributed by atoms with Gasteiger partial charge < -0.3 is 10.6 Å². The predicted molar refractivity (Wildman–Crippen MR) is 151 cm³/mol. The van der Waals surface area contributed by atoms with Crippen molar-refractivity contribution < 1.29 is 18.4 Å². The van der Waals surface area contributed by atoms with Gasteiger partial charge in [0.05, 0.1) is 33.5 Å². The number of nitrogens with one attached hydrogen (secondary N) is 2. The lowest BCUT2D eigenvalue weighted by molar-refractivity contribution is 0.0903. The molecule has 9 nitrogen and oxygen atoms in total. The third kappa shape index (κ3) is 5.72. The van der Waals surface area contributed by atoms with Gasteiger partial charge in [-0.1, -0.05) is 23.7 Å². The molecule has 0 aliphatic heterocycles. The van der Waals surface area contributed by atoms with Gasteiger partial charge in [-0.2, -0.15) is 0 Å². The summed E-state index contributed by atoms with van der Waals surface area (Å²) in [6.45, 7) is 2.45. The number of alkyl halides is 2. The molecule has 1 saturated carbocycles. The molecule has 2 amide bonds. The van der Waals surface area contributed by atoms with Crippen LogP contribution in [-0.4, -0.2) is 44.0 Å². The second-order valence-electron chi connectivity index (χ2n) is 10.2. The zero-order valence-electron chi connectivity index (χ0n) is 22.5. The summed E-state index contributed by atoms with van der Waals surface area (Å²) in [6, 6.07) is 10.0. The van der Waals surface area contributed by atoms with Crippen LogP contribution in [0.4, 0.5) is 8.78 Å². The third-order valence-corrected chi connectivity index (χ3v) is 7.78. The van der Waals surface area contributed by atoms with Crippen molar-refractivity contribution in [2.24, 2.45) is 5.92 Å². The fourth-order valence-electron chi connectivity index (χ4n) is 5.51. The van der Waals surface area contributed by atoms with E-state index in [1.807, 2.05) is 25.1 Å². The molecule has 0 radical (unpaired) electrons. The lowest BCUT2D eigenvalue weighted by atomic mass is 9.85. The van der Waals surface area contributed by atoms with Crippen molar-refractivity contribution >= 4 is 34.4 Å². The van der Waals surface area contributed by atoms with Crippen molar-refractivity contribution in [2.45, 2.75) is 51.6 Å². The number of para-hydroxylation sites is 1. The second-order valence-corrected chi connectivity index (χ2v) is 10.7. The second kappa shape index (κ2) is 11.8. The van der Waals surface area contributed by atoms with E-state index < -0.39 is 18.0 Å². The van der Waals surface area contributed by atoms with Crippen LogP contribution in [0.15, 0.2) is 53.6 Å². The van der Waals surface area contributed by atoms with Gasteiger partial charge >= 0.3 is 5.69 Å². The number of hydrogen-bond acceptors (Lipinski definition) is 5. The average molecular weight is 583 g/mol. The van der Waals surface area contributed by atoms with Gasteiger partial charge in [-0.15, -0.1) is 0 Å². The van der Waals surface area contributed by atoms with Gasteiger partial charge in [0.2, 0.25) is 0 Å².